The zero-order valence-corrected chi connectivity index (χ0v) is 56.7. The number of nitriles is 2. The monoisotopic (exact) mass is 1330 g/mol. The van der Waals surface area contributed by atoms with Crippen molar-refractivity contribution in [2.75, 3.05) is 44.7 Å². The zero-order valence-electron chi connectivity index (χ0n) is 55.1. The van der Waals surface area contributed by atoms with Crippen LogP contribution in [-0.4, -0.2) is 120 Å². The van der Waals surface area contributed by atoms with E-state index in [2.05, 4.69) is 82.2 Å². The van der Waals surface area contributed by atoms with E-state index in [9.17, 15) is 27.4 Å². The van der Waals surface area contributed by atoms with Gasteiger partial charge in [-0.2, -0.15) is 25.5 Å². The molecule has 0 unspecified atom stereocenters. The summed E-state index contributed by atoms with van der Waals surface area (Å²) in [6.45, 7) is 18.6. The van der Waals surface area contributed by atoms with Gasteiger partial charge in [-0.15, -0.1) is 0 Å². The zero-order chi connectivity index (χ0) is 67.6. The average Bonchev–Trinajstić information content (AvgIpc) is 1.61. The minimum atomic E-state index is -3.50. The third kappa shape index (κ3) is 14.8. The summed E-state index contributed by atoms with van der Waals surface area (Å²) in [6, 6.07) is 38.2. The molecule has 24 heteroatoms. The van der Waals surface area contributed by atoms with Crippen molar-refractivity contribution in [2.24, 2.45) is 11.7 Å². The lowest BCUT2D eigenvalue weighted by molar-refractivity contribution is 0.0624. The number of aromatic nitrogens is 6. The number of hydrogen-bond acceptors (Lipinski definition) is 21. The first-order valence-electron chi connectivity index (χ1n) is 32.6. The van der Waals surface area contributed by atoms with Crippen LogP contribution in [0.3, 0.4) is 0 Å². The van der Waals surface area contributed by atoms with E-state index in [1.165, 1.54) is 30.3 Å². The molecule has 2 saturated heterocycles. The predicted octanol–water partition coefficient (Wildman–Crippen LogP) is 12.2. The van der Waals surface area contributed by atoms with Crippen LogP contribution >= 0.6 is 0 Å². The van der Waals surface area contributed by atoms with Crippen molar-refractivity contribution < 1.29 is 44.6 Å². The van der Waals surface area contributed by atoms with Gasteiger partial charge in [0.15, 0.2) is 9.84 Å². The summed E-state index contributed by atoms with van der Waals surface area (Å²) in [4.78, 5) is 18.6. The summed E-state index contributed by atoms with van der Waals surface area (Å²) in [6.07, 6.45) is 7.43. The van der Waals surface area contributed by atoms with E-state index in [4.69, 9.17) is 33.5 Å². The number of sulfone groups is 1. The third-order valence-electron chi connectivity index (χ3n) is 17.7. The second kappa shape index (κ2) is 28.3. The Morgan fingerprint density at radius 2 is 1.04 bits per heavy atom. The highest BCUT2D eigenvalue weighted by molar-refractivity contribution is 7.90. The van der Waals surface area contributed by atoms with Crippen LogP contribution in [0, 0.1) is 28.6 Å². The quantitative estimate of drug-likeness (QED) is 0.0760. The molecular formula is C72H78N12O10S2. The average molecular weight is 1340 g/mol. The van der Waals surface area contributed by atoms with Crippen LogP contribution in [0.2, 0.25) is 0 Å². The van der Waals surface area contributed by atoms with Crippen LogP contribution in [0.5, 0.6) is 17.2 Å². The molecular weight excluding hydrogens is 1260 g/mol. The van der Waals surface area contributed by atoms with Gasteiger partial charge in [-0.3, -0.25) is 4.90 Å². The first-order valence-corrected chi connectivity index (χ1v) is 36.2. The SMILES string of the molecule is CC(C)Oc1ccc(-c2nc(-c3cccc4c3CC[C@@H]4NS(=O)(=O)CCN3CCC3)no2)cc1C#N.CC(C)Oc1ccc(-c2nc(-c3cccc4c3CC[C@H]4N)no2)cc1S(C)(=O)=O.CC1CN([C@H]2CCc3c(-c4noc(-c5ccc(OC(C)C)c(C#N)c5)n4)cccc32)C1. The molecule has 3 N–H and O–H groups in total. The van der Waals surface area contributed by atoms with Crippen molar-refractivity contribution in [3.63, 3.8) is 0 Å². The fourth-order valence-corrected chi connectivity index (χ4v) is 15.2. The summed E-state index contributed by atoms with van der Waals surface area (Å²) >= 11 is 0. The summed E-state index contributed by atoms with van der Waals surface area (Å²) in [5.41, 5.74) is 18.6. The number of likely N-dealkylation sites (tertiary alicyclic amines) is 2. The number of rotatable bonds is 19. The molecule has 0 spiro atoms. The molecule has 0 bridgehead atoms. The van der Waals surface area contributed by atoms with Gasteiger partial charge in [0.2, 0.25) is 27.5 Å². The van der Waals surface area contributed by atoms with Gasteiger partial charge in [0, 0.05) is 77.4 Å². The van der Waals surface area contributed by atoms with Crippen molar-refractivity contribution in [2.45, 2.75) is 135 Å². The Morgan fingerprint density at radius 3 is 1.52 bits per heavy atom. The van der Waals surface area contributed by atoms with E-state index in [0.29, 0.717) is 99.7 Å². The topological polar surface area (TPSA) is 305 Å². The minimum absolute atomic E-state index is 0.00330. The molecule has 6 aromatic carbocycles. The van der Waals surface area contributed by atoms with Gasteiger partial charge >= 0.3 is 0 Å². The standard InChI is InChI=1S/C26H29N5O4S.C25H26N4O2.C21H23N3O4S/c1-17(2)34-24-10-7-18(15-19(24)16-27)26-28-25(29-35-26)22-6-3-5-21-20(22)8-9-23(21)30-36(32,33)14-13-31-11-4-12-31;1-15(2)30-23-10-7-17(11-18(23)12-26)25-27-24(28-31-25)21-6-4-5-20-19(21)8-9-22(20)29-13-16(3)14-29;1-12(2)27-18-10-7-13(11-19(18)29(3,25)26)21-23-20(24-28-21)16-6-4-5-15-14(16)8-9-17(15)22/h3,5-7,10,15,17,23,30H,4,8-9,11-14H2,1-2H3;4-7,10-11,15-16,22H,8-9,13-14H2,1-3H3;4-7,10-12,17H,8-9,22H2,1-3H3/t23-;22-;17-/m001/s1. The normalized spacial score (nSPS) is 17.5. The highest BCUT2D eigenvalue weighted by atomic mass is 32.2. The number of nitrogens with zero attached hydrogens (tertiary/aromatic N) is 10. The molecule has 498 valence electrons. The molecule has 14 rings (SSSR count). The van der Waals surface area contributed by atoms with E-state index in [-0.39, 0.29) is 46.9 Å². The lowest BCUT2D eigenvalue weighted by atomic mass is 9.96. The summed E-state index contributed by atoms with van der Waals surface area (Å²) in [7, 11) is -6.88. The maximum atomic E-state index is 12.7. The van der Waals surface area contributed by atoms with E-state index in [1.54, 1.807) is 42.5 Å². The van der Waals surface area contributed by atoms with Gasteiger partial charge in [-0.25, -0.2) is 21.6 Å². The van der Waals surface area contributed by atoms with Crippen molar-refractivity contribution in [1.29, 1.82) is 10.5 Å². The Balaban J connectivity index is 0.000000139. The minimum Gasteiger partial charge on any atom is -0.490 e. The second-order valence-electron chi connectivity index (χ2n) is 26.0. The molecule has 22 nitrogen and oxygen atoms in total. The van der Waals surface area contributed by atoms with E-state index in [1.807, 2.05) is 84.0 Å². The van der Waals surface area contributed by atoms with Gasteiger partial charge in [-0.05, 0) is 193 Å². The highest BCUT2D eigenvalue weighted by Crippen LogP contribution is 2.44. The van der Waals surface area contributed by atoms with Gasteiger partial charge in [-0.1, -0.05) is 77.0 Å². The van der Waals surface area contributed by atoms with Crippen LogP contribution in [0.25, 0.3) is 68.5 Å². The molecule has 3 atom stereocenters. The molecule has 9 aromatic rings. The molecule has 5 aliphatic rings. The number of nitrogens with one attached hydrogen (secondary N) is 1. The number of fused-ring (bicyclic) bond motifs is 3. The van der Waals surface area contributed by atoms with E-state index >= 15 is 0 Å². The molecule has 0 saturated carbocycles. The largest absolute Gasteiger partial charge is 0.490 e. The Hall–Kier alpha value is -9.14. The summed E-state index contributed by atoms with van der Waals surface area (Å²) in [5, 5.41) is 31.6. The summed E-state index contributed by atoms with van der Waals surface area (Å²) < 4.78 is 86.4. The first kappa shape index (κ1) is 66.9. The van der Waals surface area contributed by atoms with Gasteiger partial charge in [0.1, 0.15) is 34.3 Å². The Kier molecular flexibility index (Phi) is 19.7. The maximum absolute atomic E-state index is 12.7. The third-order valence-corrected chi connectivity index (χ3v) is 20.2. The maximum Gasteiger partial charge on any atom is 0.258 e. The number of ether oxygens (including phenoxy) is 3. The Morgan fingerprint density at radius 1 is 0.594 bits per heavy atom. The molecule has 96 heavy (non-hydrogen) atoms. The predicted molar refractivity (Wildman–Crippen MR) is 361 cm³/mol. The van der Waals surface area contributed by atoms with Crippen molar-refractivity contribution in [3.05, 3.63) is 154 Å². The van der Waals surface area contributed by atoms with Crippen LogP contribution in [0.1, 0.15) is 137 Å². The van der Waals surface area contributed by atoms with Crippen LogP contribution in [-0.2, 0) is 39.1 Å². The van der Waals surface area contributed by atoms with E-state index < -0.39 is 19.9 Å². The molecule has 0 radical (unpaired) electrons. The van der Waals surface area contributed by atoms with E-state index in [0.717, 1.165) is 96.3 Å². The summed E-state index contributed by atoms with van der Waals surface area (Å²) in [5.74, 6) is 4.75. The lowest BCUT2D eigenvalue weighted by Crippen LogP contribution is -2.46. The number of benzene rings is 6. The fourth-order valence-electron chi connectivity index (χ4n) is 13.1. The smallest absolute Gasteiger partial charge is 0.258 e. The Labute approximate surface area is 559 Å². The van der Waals surface area contributed by atoms with Gasteiger partial charge in [0.25, 0.3) is 17.7 Å². The molecule has 3 aromatic heterocycles. The van der Waals surface area contributed by atoms with Crippen molar-refractivity contribution in [3.8, 4) is 97.9 Å². The van der Waals surface area contributed by atoms with Crippen molar-refractivity contribution in [1.82, 2.24) is 44.9 Å². The molecule has 2 fully saturated rings. The van der Waals surface area contributed by atoms with Gasteiger partial charge in [0.05, 0.1) is 35.2 Å². The fraction of sp³-hybridized carbons (Fsp3) is 0.389. The van der Waals surface area contributed by atoms with Crippen molar-refractivity contribution >= 4 is 19.9 Å². The second-order valence-corrected chi connectivity index (χ2v) is 29.8. The Bertz CT molecular complexity index is 4650. The van der Waals surface area contributed by atoms with Crippen LogP contribution in [0.4, 0.5) is 0 Å². The lowest BCUT2D eigenvalue weighted by Gasteiger charge is -2.42. The van der Waals surface area contributed by atoms with Crippen LogP contribution < -0.4 is 24.7 Å². The van der Waals surface area contributed by atoms with Gasteiger partial charge < -0.3 is 38.4 Å². The number of sulfonamides is 1. The molecule has 5 heterocycles. The number of nitrogens with two attached hydrogens (primary N) is 1. The highest BCUT2D eigenvalue weighted by Gasteiger charge is 2.36. The first-order chi connectivity index (χ1) is 46.1. The number of hydrogen-bond donors (Lipinski definition) is 2. The molecule has 2 aliphatic heterocycles. The van der Waals surface area contributed by atoms with Crippen LogP contribution in [0.15, 0.2) is 128 Å². The molecule has 3 aliphatic carbocycles. The molecule has 0 amide bonds.